The number of hydrogen-bond donors (Lipinski definition) is 1. The van der Waals surface area contributed by atoms with E-state index in [0.717, 1.165) is 11.1 Å². The summed E-state index contributed by atoms with van der Waals surface area (Å²) in [5.41, 5.74) is 2.21. The largest absolute Gasteiger partial charge is 0.507 e. The first-order valence-corrected chi connectivity index (χ1v) is 9.62. The Kier molecular flexibility index (Phi) is 5.35. The zero-order valence-corrected chi connectivity index (χ0v) is 16.5. The van der Waals surface area contributed by atoms with Gasteiger partial charge in [-0.25, -0.2) is 0 Å². The van der Waals surface area contributed by atoms with Crippen LogP contribution in [0.5, 0.6) is 5.75 Å². The molecule has 0 saturated carbocycles. The summed E-state index contributed by atoms with van der Waals surface area (Å²) in [5, 5.41) is 11.0. The predicted octanol–water partition coefficient (Wildman–Crippen LogP) is 4.32. The smallest absolute Gasteiger partial charge is 0.295 e. The minimum absolute atomic E-state index is 0.0901. The normalized spacial score (nSPS) is 17.9. The summed E-state index contributed by atoms with van der Waals surface area (Å²) >= 11 is 0. The van der Waals surface area contributed by atoms with Gasteiger partial charge in [0, 0.05) is 12.1 Å². The lowest BCUT2D eigenvalue weighted by molar-refractivity contribution is -0.140. The zero-order chi connectivity index (χ0) is 21.1. The Bertz CT molecular complexity index is 1090. The van der Waals surface area contributed by atoms with Crippen LogP contribution in [0, 0.1) is 0 Å². The molecule has 0 unspecified atom stereocenters. The molecule has 0 spiro atoms. The second-order valence-electron chi connectivity index (χ2n) is 7.05. The number of ether oxygens (including phenoxy) is 1. The molecule has 150 valence electrons. The van der Waals surface area contributed by atoms with Crippen LogP contribution < -0.4 is 4.74 Å². The van der Waals surface area contributed by atoms with Crippen LogP contribution in [-0.4, -0.2) is 28.8 Å². The van der Waals surface area contributed by atoms with Gasteiger partial charge in [0.2, 0.25) is 0 Å². The third-order valence-corrected chi connectivity index (χ3v) is 5.21. The molecule has 0 bridgehead atoms. The van der Waals surface area contributed by atoms with Crippen molar-refractivity contribution in [1.29, 1.82) is 0 Å². The first-order chi connectivity index (χ1) is 14.6. The predicted molar refractivity (Wildman–Crippen MR) is 114 cm³/mol. The second kappa shape index (κ2) is 8.25. The highest BCUT2D eigenvalue weighted by atomic mass is 16.5. The van der Waals surface area contributed by atoms with Gasteiger partial charge in [-0.2, -0.15) is 0 Å². The topological polar surface area (TPSA) is 66.8 Å². The molecule has 3 aromatic carbocycles. The number of likely N-dealkylation sites (tertiary alicyclic amines) is 1. The highest BCUT2D eigenvalue weighted by Crippen LogP contribution is 2.40. The van der Waals surface area contributed by atoms with Gasteiger partial charge in [0.25, 0.3) is 11.7 Å². The number of methoxy groups -OCH3 is 1. The number of ketones is 1. The lowest BCUT2D eigenvalue weighted by Gasteiger charge is -2.25. The number of Topliss-reactive ketones (excluding diaryl/α,β-unsaturated/α-hetero) is 1. The number of amides is 1. The van der Waals surface area contributed by atoms with Crippen LogP contribution in [-0.2, 0) is 16.1 Å². The summed E-state index contributed by atoms with van der Waals surface area (Å²) in [6.07, 6.45) is 0. The SMILES string of the molecule is COc1ccc([C@@H]2C(=C(O)c3ccccc3)C(=O)C(=O)N2Cc2ccccc2)cc1. The molecule has 1 heterocycles. The van der Waals surface area contributed by atoms with E-state index in [2.05, 4.69) is 0 Å². The van der Waals surface area contributed by atoms with E-state index in [-0.39, 0.29) is 17.9 Å². The molecule has 1 amide bonds. The molecule has 1 N–H and O–H groups in total. The molecule has 5 nitrogen and oxygen atoms in total. The van der Waals surface area contributed by atoms with Gasteiger partial charge in [-0.05, 0) is 23.3 Å². The van der Waals surface area contributed by atoms with Crippen molar-refractivity contribution >= 4 is 17.4 Å². The Labute approximate surface area is 174 Å². The Morgan fingerprint density at radius 3 is 2.10 bits per heavy atom. The summed E-state index contributed by atoms with van der Waals surface area (Å²) in [4.78, 5) is 27.5. The minimum atomic E-state index is -0.698. The molecular formula is C25H21NO4. The summed E-state index contributed by atoms with van der Waals surface area (Å²) in [6.45, 7) is 0.258. The molecule has 1 aliphatic heterocycles. The number of nitrogens with zero attached hydrogens (tertiary/aromatic N) is 1. The molecule has 0 aromatic heterocycles. The van der Waals surface area contributed by atoms with Crippen LogP contribution in [0.4, 0.5) is 0 Å². The number of hydrogen-bond acceptors (Lipinski definition) is 4. The first-order valence-electron chi connectivity index (χ1n) is 9.62. The molecule has 5 heteroatoms. The molecule has 30 heavy (non-hydrogen) atoms. The van der Waals surface area contributed by atoms with Crippen LogP contribution in [0.15, 0.2) is 90.5 Å². The lowest BCUT2D eigenvalue weighted by atomic mass is 9.95. The monoisotopic (exact) mass is 399 g/mol. The zero-order valence-electron chi connectivity index (χ0n) is 16.5. The van der Waals surface area contributed by atoms with Crippen LogP contribution in [0.1, 0.15) is 22.7 Å². The number of aliphatic hydroxyl groups excluding tert-OH is 1. The highest BCUT2D eigenvalue weighted by Gasteiger charge is 2.46. The Morgan fingerprint density at radius 2 is 1.50 bits per heavy atom. The molecular weight excluding hydrogens is 378 g/mol. The van der Waals surface area contributed by atoms with Crippen molar-refractivity contribution < 1.29 is 19.4 Å². The van der Waals surface area contributed by atoms with Crippen LogP contribution >= 0.6 is 0 Å². The van der Waals surface area contributed by atoms with E-state index in [4.69, 9.17) is 4.74 Å². The number of carbonyl (C=O) groups excluding carboxylic acids is 2. The number of benzene rings is 3. The molecule has 0 radical (unpaired) electrons. The van der Waals surface area contributed by atoms with Gasteiger partial charge < -0.3 is 14.7 Å². The Hall–Kier alpha value is -3.86. The first kappa shape index (κ1) is 19.5. The number of rotatable bonds is 5. The van der Waals surface area contributed by atoms with Gasteiger partial charge >= 0.3 is 0 Å². The average molecular weight is 399 g/mol. The fraction of sp³-hybridized carbons (Fsp3) is 0.120. The van der Waals surface area contributed by atoms with Gasteiger partial charge in [0.05, 0.1) is 18.7 Å². The standard InChI is InChI=1S/C25H21NO4/c1-30-20-14-12-18(13-15-20)22-21(23(27)19-10-6-3-7-11-19)24(28)25(29)26(22)16-17-8-4-2-5-9-17/h2-15,22,27H,16H2,1H3/t22-/m1/s1. The number of carbonyl (C=O) groups is 2. The average Bonchev–Trinajstić information content (AvgIpc) is 3.05. The van der Waals surface area contributed by atoms with E-state index in [0.29, 0.717) is 11.3 Å². The van der Waals surface area contributed by atoms with E-state index in [9.17, 15) is 14.7 Å². The second-order valence-corrected chi connectivity index (χ2v) is 7.05. The van der Waals surface area contributed by atoms with Gasteiger partial charge in [-0.15, -0.1) is 0 Å². The van der Waals surface area contributed by atoms with Crippen molar-refractivity contribution in [1.82, 2.24) is 4.90 Å². The maximum absolute atomic E-state index is 13.0. The maximum atomic E-state index is 13.0. The summed E-state index contributed by atoms with van der Waals surface area (Å²) in [5.74, 6) is -0.822. The Morgan fingerprint density at radius 1 is 0.900 bits per heavy atom. The van der Waals surface area contributed by atoms with Crippen molar-refractivity contribution in [3.8, 4) is 5.75 Å². The molecule has 0 aliphatic carbocycles. The third kappa shape index (κ3) is 3.57. The van der Waals surface area contributed by atoms with E-state index in [1.54, 1.807) is 43.5 Å². The van der Waals surface area contributed by atoms with Gasteiger partial charge in [0.1, 0.15) is 11.5 Å². The van der Waals surface area contributed by atoms with Crippen LogP contribution in [0.3, 0.4) is 0 Å². The third-order valence-electron chi connectivity index (χ3n) is 5.21. The van der Waals surface area contributed by atoms with E-state index >= 15 is 0 Å². The summed E-state index contributed by atoms with van der Waals surface area (Å²) in [6, 6.07) is 24.8. The van der Waals surface area contributed by atoms with Gasteiger partial charge in [-0.1, -0.05) is 72.8 Å². The maximum Gasteiger partial charge on any atom is 0.295 e. The molecule has 1 fully saturated rings. The van der Waals surface area contributed by atoms with Gasteiger partial charge in [0.15, 0.2) is 0 Å². The van der Waals surface area contributed by atoms with E-state index in [1.807, 2.05) is 48.5 Å². The van der Waals surface area contributed by atoms with Crippen LogP contribution in [0.25, 0.3) is 5.76 Å². The van der Waals surface area contributed by atoms with Crippen LogP contribution in [0.2, 0.25) is 0 Å². The lowest BCUT2D eigenvalue weighted by Crippen LogP contribution is -2.29. The molecule has 1 aliphatic rings. The minimum Gasteiger partial charge on any atom is -0.507 e. The highest BCUT2D eigenvalue weighted by molar-refractivity contribution is 6.46. The fourth-order valence-corrected chi connectivity index (χ4v) is 3.71. The molecule has 1 atom stereocenters. The quantitative estimate of drug-likeness (QED) is 0.394. The molecule has 1 saturated heterocycles. The Balaban J connectivity index is 1.85. The molecule has 4 rings (SSSR count). The summed E-state index contributed by atoms with van der Waals surface area (Å²) < 4.78 is 5.23. The summed E-state index contributed by atoms with van der Waals surface area (Å²) in [7, 11) is 1.58. The van der Waals surface area contributed by atoms with Crippen molar-refractivity contribution in [3.63, 3.8) is 0 Å². The molecule has 3 aromatic rings. The van der Waals surface area contributed by atoms with E-state index < -0.39 is 17.7 Å². The number of aliphatic hydroxyl groups is 1. The van der Waals surface area contributed by atoms with Crippen molar-refractivity contribution in [2.75, 3.05) is 7.11 Å². The van der Waals surface area contributed by atoms with Crippen molar-refractivity contribution in [2.45, 2.75) is 12.6 Å². The fourth-order valence-electron chi connectivity index (χ4n) is 3.71. The van der Waals surface area contributed by atoms with Gasteiger partial charge in [-0.3, -0.25) is 9.59 Å². The van der Waals surface area contributed by atoms with Crippen molar-refractivity contribution in [3.05, 3.63) is 107 Å². The van der Waals surface area contributed by atoms with E-state index in [1.165, 1.54) is 4.90 Å². The van der Waals surface area contributed by atoms with Crippen molar-refractivity contribution in [2.24, 2.45) is 0 Å².